The predicted molar refractivity (Wildman–Crippen MR) is 72.7 cm³/mol. The fourth-order valence-electron chi connectivity index (χ4n) is 2.06. The Labute approximate surface area is 103 Å². The Morgan fingerprint density at radius 3 is 1.81 bits per heavy atom. The lowest BCUT2D eigenvalue weighted by Gasteiger charge is -2.10. The van der Waals surface area contributed by atoms with Crippen LogP contribution in [0, 0.1) is 5.92 Å². The quantitative estimate of drug-likeness (QED) is 0.497. The summed E-state index contributed by atoms with van der Waals surface area (Å²) in [5.74, 6) is 0.811. The van der Waals surface area contributed by atoms with Crippen LogP contribution in [-0.2, 0) is 0 Å². The molecule has 0 aliphatic heterocycles. The highest BCUT2D eigenvalue weighted by Gasteiger charge is 2.03. The Balaban J connectivity index is 3.15. The van der Waals surface area contributed by atoms with E-state index in [-0.39, 0.29) is 6.10 Å². The Morgan fingerprint density at radius 2 is 1.25 bits per heavy atom. The predicted octanol–water partition coefficient (Wildman–Crippen LogP) is 4.92. The maximum atomic E-state index is 9.77. The minimum absolute atomic E-state index is 0.0335. The lowest BCUT2D eigenvalue weighted by molar-refractivity contribution is 0.146. The van der Waals surface area contributed by atoms with Crippen molar-refractivity contribution in [2.75, 3.05) is 0 Å². The molecule has 0 fully saturated rings. The van der Waals surface area contributed by atoms with Crippen molar-refractivity contribution < 1.29 is 5.11 Å². The van der Waals surface area contributed by atoms with Crippen molar-refractivity contribution in [3.63, 3.8) is 0 Å². The Hall–Kier alpha value is -0.0400. The van der Waals surface area contributed by atoms with E-state index in [2.05, 4.69) is 20.8 Å². The highest BCUT2D eigenvalue weighted by atomic mass is 16.3. The van der Waals surface area contributed by atoms with Gasteiger partial charge in [0.15, 0.2) is 0 Å². The fraction of sp³-hybridized carbons (Fsp3) is 1.00. The molecule has 1 nitrogen and oxygen atoms in total. The molecule has 0 rings (SSSR count). The molecular weight excluding hydrogens is 196 g/mol. The van der Waals surface area contributed by atoms with Crippen LogP contribution in [0.4, 0.5) is 0 Å². The zero-order chi connectivity index (χ0) is 12.2. The van der Waals surface area contributed by atoms with E-state index in [0.717, 1.165) is 18.8 Å². The van der Waals surface area contributed by atoms with Gasteiger partial charge in [0.25, 0.3) is 0 Å². The average Bonchev–Trinajstić information content (AvgIpc) is 2.24. The Morgan fingerprint density at radius 1 is 0.750 bits per heavy atom. The number of hydrogen-bond donors (Lipinski definition) is 1. The highest BCUT2D eigenvalue weighted by Crippen LogP contribution is 2.13. The summed E-state index contributed by atoms with van der Waals surface area (Å²) in [6.45, 7) is 6.78. The first-order valence-corrected chi connectivity index (χ1v) is 7.34. The maximum Gasteiger partial charge on any atom is 0.0540 e. The SMILES string of the molecule is CCCCCCCC(O)CCCCC(C)C. The summed E-state index contributed by atoms with van der Waals surface area (Å²) in [7, 11) is 0. The number of hydrogen-bond acceptors (Lipinski definition) is 1. The molecule has 0 heterocycles. The molecule has 0 spiro atoms. The van der Waals surface area contributed by atoms with E-state index < -0.39 is 0 Å². The van der Waals surface area contributed by atoms with Crippen molar-refractivity contribution in [2.45, 2.75) is 91.1 Å². The topological polar surface area (TPSA) is 20.2 Å². The molecule has 1 heteroatoms. The molecule has 0 saturated heterocycles. The molecule has 0 aromatic heterocycles. The third-order valence-corrected chi connectivity index (χ3v) is 3.21. The molecule has 1 atom stereocenters. The van der Waals surface area contributed by atoms with Gasteiger partial charge in [-0.25, -0.2) is 0 Å². The standard InChI is InChI=1S/C15H32O/c1-4-5-6-7-8-12-15(16)13-10-9-11-14(2)3/h14-16H,4-13H2,1-3H3. The lowest BCUT2D eigenvalue weighted by Crippen LogP contribution is -2.06. The monoisotopic (exact) mass is 228 g/mol. The maximum absolute atomic E-state index is 9.77. The van der Waals surface area contributed by atoms with Gasteiger partial charge in [0.05, 0.1) is 6.10 Å². The summed E-state index contributed by atoms with van der Waals surface area (Å²) < 4.78 is 0. The molecule has 0 aromatic rings. The summed E-state index contributed by atoms with van der Waals surface area (Å²) in [5.41, 5.74) is 0. The molecule has 0 aromatic carbocycles. The van der Waals surface area contributed by atoms with Crippen LogP contribution in [0.25, 0.3) is 0 Å². The van der Waals surface area contributed by atoms with E-state index in [1.165, 1.54) is 51.4 Å². The van der Waals surface area contributed by atoms with E-state index in [4.69, 9.17) is 0 Å². The largest absolute Gasteiger partial charge is 0.393 e. The smallest absolute Gasteiger partial charge is 0.0540 e. The van der Waals surface area contributed by atoms with Gasteiger partial charge in [-0.05, 0) is 18.8 Å². The molecular formula is C15H32O. The van der Waals surface area contributed by atoms with Crippen LogP contribution in [0.2, 0.25) is 0 Å². The number of aliphatic hydroxyl groups excluding tert-OH is 1. The van der Waals surface area contributed by atoms with Gasteiger partial charge in [-0.3, -0.25) is 0 Å². The highest BCUT2D eigenvalue weighted by molar-refractivity contribution is 4.57. The molecule has 98 valence electrons. The van der Waals surface area contributed by atoms with Crippen LogP contribution < -0.4 is 0 Å². The fourth-order valence-corrected chi connectivity index (χ4v) is 2.06. The summed E-state index contributed by atoms with van der Waals surface area (Å²) in [6, 6.07) is 0. The van der Waals surface area contributed by atoms with Crippen molar-refractivity contribution >= 4 is 0 Å². The summed E-state index contributed by atoms with van der Waals surface area (Å²) in [4.78, 5) is 0. The van der Waals surface area contributed by atoms with E-state index in [1.807, 2.05) is 0 Å². The Bertz CT molecular complexity index is 131. The van der Waals surface area contributed by atoms with Crippen molar-refractivity contribution in [3.8, 4) is 0 Å². The zero-order valence-electron chi connectivity index (χ0n) is 11.7. The number of unbranched alkanes of at least 4 members (excludes halogenated alkanes) is 5. The third kappa shape index (κ3) is 12.0. The van der Waals surface area contributed by atoms with Crippen molar-refractivity contribution in [2.24, 2.45) is 5.92 Å². The Kier molecular flexibility index (Phi) is 11.4. The molecule has 1 unspecified atom stereocenters. The first-order chi connectivity index (χ1) is 7.66. The summed E-state index contributed by atoms with van der Waals surface area (Å²) in [5, 5.41) is 9.77. The van der Waals surface area contributed by atoms with Crippen LogP contribution in [0.1, 0.15) is 85.0 Å². The van der Waals surface area contributed by atoms with E-state index >= 15 is 0 Å². The minimum atomic E-state index is -0.0335. The van der Waals surface area contributed by atoms with Crippen LogP contribution >= 0.6 is 0 Å². The second kappa shape index (κ2) is 11.4. The van der Waals surface area contributed by atoms with Crippen LogP contribution in [-0.4, -0.2) is 11.2 Å². The molecule has 0 bridgehead atoms. The third-order valence-electron chi connectivity index (χ3n) is 3.21. The van der Waals surface area contributed by atoms with Gasteiger partial charge in [-0.1, -0.05) is 72.1 Å². The first kappa shape index (κ1) is 16.0. The van der Waals surface area contributed by atoms with Gasteiger partial charge in [-0.15, -0.1) is 0 Å². The molecule has 1 N–H and O–H groups in total. The second-order valence-corrected chi connectivity index (χ2v) is 5.54. The van der Waals surface area contributed by atoms with Crippen molar-refractivity contribution in [1.82, 2.24) is 0 Å². The number of rotatable bonds is 11. The van der Waals surface area contributed by atoms with E-state index in [0.29, 0.717) is 0 Å². The molecule has 0 radical (unpaired) electrons. The molecule has 0 aliphatic rings. The van der Waals surface area contributed by atoms with Crippen molar-refractivity contribution in [1.29, 1.82) is 0 Å². The van der Waals surface area contributed by atoms with E-state index in [9.17, 15) is 5.11 Å². The average molecular weight is 228 g/mol. The molecule has 0 aliphatic carbocycles. The van der Waals surface area contributed by atoms with Crippen molar-refractivity contribution in [3.05, 3.63) is 0 Å². The van der Waals surface area contributed by atoms with E-state index in [1.54, 1.807) is 0 Å². The normalized spacial score (nSPS) is 13.3. The van der Waals surface area contributed by atoms with Gasteiger partial charge < -0.3 is 5.11 Å². The first-order valence-electron chi connectivity index (χ1n) is 7.34. The zero-order valence-corrected chi connectivity index (χ0v) is 11.7. The van der Waals surface area contributed by atoms with Gasteiger partial charge in [-0.2, -0.15) is 0 Å². The number of aliphatic hydroxyl groups is 1. The minimum Gasteiger partial charge on any atom is -0.393 e. The van der Waals surface area contributed by atoms with Crippen LogP contribution in [0.3, 0.4) is 0 Å². The van der Waals surface area contributed by atoms with Gasteiger partial charge >= 0.3 is 0 Å². The summed E-state index contributed by atoms with van der Waals surface area (Å²) in [6.07, 6.45) is 12.3. The lowest BCUT2D eigenvalue weighted by atomic mass is 10.0. The molecule has 16 heavy (non-hydrogen) atoms. The van der Waals surface area contributed by atoms with Gasteiger partial charge in [0.1, 0.15) is 0 Å². The van der Waals surface area contributed by atoms with Gasteiger partial charge in [0, 0.05) is 0 Å². The molecule has 0 saturated carbocycles. The summed E-state index contributed by atoms with van der Waals surface area (Å²) >= 11 is 0. The molecule has 0 amide bonds. The second-order valence-electron chi connectivity index (χ2n) is 5.54. The van der Waals surface area contributed by atoms with Crippen LogP contribution in [0.15, 0.2) is 0 Å². The van der Waals surface area contributed by atoms with Crippen LogP contribution in [0.5, 0.6) is 0 Å². The van der Waals surface area contributed by atoms with Gasteiger partial charge in [0.2, 0.25) is 0 Å².